The van der Waals surface area contributed by atoms with E-state index in [0.29, 0.717) is 24.4 Å². The van der Waals surface area contributed by atoms with Gasteiger partial charge in [0.25, 0.3) is 0 Å². The van der Waals surface area contributed by atoms with Gasteiger partial charge in [-0.1, -0.05) is 25.9 Å². The molecular weight excluding hydrogens is 244 g/mol. The van der Waals surface area contributed by atoms with Crippen LogP contribution in [0.25, 0.3) is 0 Å². The highest BCUT2D eigenvalue weighted by Gasteiger charge is 2.18. The molecule has 0 saturated carbocycles. The van der Waals surface area contributed by atoms with E-state index in [1.807, 2.05) is 6.92 Å². The summed E-state index contributed by atoms with van der Waals surface area (Å²) in [5, 5.41) is 11.5. The third-order valence-corrected chi connectivity index (χ3v) is 2.73. The van der Waals surface area contributed by atoms with Gasteiger partial charge in [-0.05, 0) is 19.4 Å². The SMILES string of the molecule is CCNC(C)c1nnc(N(CCOC)CC(C)C)o1. The quantitative estimate of drug-likeness (QED) is 0.739. The van der Waals surface area contributed by atoms with E-state index >= 15 is 0 Å². The van der Waals surface area contributed by atoms with Crippen molar-refractivity contribution in [2.75, 3.05) is 38.3 Å². The lowest BCUT2D eigenvalue weighted by atomic mass is 10.2. The molecule has 6 heteroatoms. The molecule has 6 nitrogen and oxygen atoms in total. The standard InChI is InChI=1S/C13H26N4O2/c1-6-14-11(4)12-15-16-13(19-12)17(7-8-18-5)9-10(2)3/h10-11,14H,6-9H2,1-5H3. The fourth-order valence-electron chi connectivity index (χ4n) is 1.83. The third-order valence-electron chi connectivity index (χ3n) is 2.73. The molecule has 0 bridgehead atoms. The van der Waals surface area contributed by atoms with E-state index in [1.54, 1.807) is 7.11 Å². The van der Waals surface area contributed by atoms with Crippen LogP contribution in [-0.2, 0) is 4.74 Å². The maximum Gasteiger partial charge on any atom is 0.318 e. The molecule has 1 aromatic heterocycles. The topological polar surface area (TPSA) is 63.4 Å². The Morgan fingerprint density at radius 3 is 2.63 bits per heavy atom. The van der Waals surface area contributed by atoms with Crippen molar-refractivity contribution in [3.63, 3.8) is 0 Å². The maximum atomic E-state index is 5.74. The zero-order chi connectivity index (χ0) is 14.3. The van der Waals surface area contributed by atoms with Gasteiger partial charge >= 0.3 is 6.01 Å². The number of methoxy groups -OCH3 is 1. The monoisotopic (exact) mass is 270 g/mol. The van der Waals surface area contributed by atoms with Crippen LogP contribution in [0.15, 0.2) is 4.42 Å². The van der Waals surface area contributed by atoms with Crippen molar-refractivity contribution in [1.29, 1.82) is 0 Å². The Bertz CT molecular complexity index is 354. The number of hydrogen-bond donors (Lipinski definition) is 1. The predicted octanol–water partition coefficient (Wildman–Crippen LogP) is 1.85. The van der Waals surface area contributed by atoms with Crippen LogP contribution in [0.2, 0.25) is 0 Å². The van der Waals surface area contributed by atoms with Crippen LogP contribution in [0, 0.1) is 5.92 Å². The largest absolute Gasteiger partial charge is 0.406 e. The third kappa shape index (κ3) is 5.16. The molecule has 0 spiro atoms. The van der Waals surface area contributed by atoms with Crippen molar-refractivity contribution in [3.8, 4) is 0 Å². The summed E-state index contributed by atoms with van der Waals surface area (Å²) < 4.78 is 10.9. The second-order valence-corrected chi connectivity index (χ2v) is 5.03. The fraction of sp³-hybridized carbons (Fsp3) is 0.846. The minimum Gasteiger partial charge on any atom is -0.406 e. The Balaban J connectivity index is 2.72. The molecule has 0 radical (unpaired) electrons. The minimum atomic E-state index is 0.0783. The molecule has 0 fully saturated rings. The molecule has 19 heavy (non-hydrogen) atoms. The van der Waals surface area contributed by atoms with Gasteiger partial charge in [-0.15, -0.1) is 5.10 Å². The van der Waals surface area contributed by atoms with Crippen molar-refractivity contribution < 1.29 is 9.15 Å². The zero-order valence-electron chi connectivity index (χ0n) is 12.6. The summed E-state index contributed by atoms with van der Waals surface area (Å²) in [7, 11) is 1.69. The highest BCUT2D eigenvalue weighted by molar-refractivity contribution is 5.24. The smallest absolute Gasteiger partial charge is 0.318 e. The van der Waals surface area contributed by atoms with Gasteiger partial charge in [-0.3, -0.25) is 0 Å². The molecule has 0 aliphatic heterocycles. The van der Waals surface area contributed by atoms with Crippen molar-refractivity contribution in [2.45, 2.75) is 33.7 Å². The molecule has 1 atom stereocenters. The van der Waals surface area contributed by atoms with Crippen molar-refractivity contribution in [3.05, 3.63) is 5.89 Å². The molecule has 1 rings (SSSR count). The summed E-state index contributed by atoms with van der Waals surface area (Å²) in [4.78, 5) is 2.07. The molecule has 0 amide bonds. The Hall–Kier alpha value is -1.14. The lowest BCUT2D eigenvalue weighted by Crippen LogP contribution is -2.31. The highest BCUT2D eigenvalue weighted by atomic mass is 16.5. The number of aromatic nitrogens is 2. The van der Waals surface area contributed by atoms with Gasteiger partial charge in [0.2, 0.25) is 5.89 Å². The van der Waals surface area contributed by atoms with E-state index in [9.17, 15) is 0 Å². The summed E-state index contributed by atoms with van der Waals surface area (Å²) in [5.74, 6) is 1.15. The molecular formula is C13H26N4O2. The van der Waals surface area contributed by atoms with Gasteiger partial charge in [0.15, 0.2) is 0 Å². The summed E-state index contributed by atoms with van der Waals surface area (Å²) in [6, 6.07) is 0.653. The zero-order valence-corrected chi connectivity index (χ0v) is 12.6. The van der Waals surface area contributed by atoms with E-state index in [1.165, 1.54) is 0 Å². The van der Waals surface area contributed by atoms with Gasteiger partial charge in [0.1, 0.15) is 0 Å². The molecule has 0 aliphatic carbocycles. The van der Waals surface area contributed by atoms with Crippen LogP contribution >= 0.6 is 0 Å². The molecule has 0 saturated heterocycles. The molecule has 1 heterocycles. The number of ether oxygens (including phenoxy) is 1. The normalized spacial score (nSPS) is 12.9. The highest BCUT2D eigenvalue weighted by Crippen LogP contribution is 2.18. The van der Waals surface area contributed by atoms with Crippen LogP contribution in [-0.4, -0.2) is 43.5 Å². The van der Waals surface area contributed by atoms with Gasteiger partial charge < -0.3 is 19.4 Å². The lowest BCUT2D eigenvalue weighted by Gasteiger charge is -2.21. The van der Waals surface area contributed by atoms with Gasteiger partial charge in [0, 0.05) is 20.2 Å². The molecule has 0 aliphatic rings. The van der Waals surface area contributed by atoms with Gasteiger partial charge in [0.05, 0.1) is 12.6 Å². The first kappa shape index (κ1) is 15.9. The minimum absolute atomic E-state index is 0.0783. The summed E-state index contributed by atoms with van der Waals surface area (Å²) in [6.07, 6.45) is 0. The van der Waals surface area contributed by atoms with Crippen LogP contribution < -0.4 is 10.2 Å². The average molecular weight is 270 g/mol. The molecule has 0 aromatic carbocycles. The van der Waals surface area contributed by atoms with E-state index < -0.39 is 0 Å². The number of hydrogen-bond acceptors (Lipinski definition) is 6. The van der Waals surface area contributed by atoms with E-state index in [4.69, 9.17) is 9.15 Å². The maximum absolute atomic E-state index is 5.74. The molecule has 1 aromatic rings. The summed E-state index contributed by atoms with van der Waals surface area (Å²) >= 11 is 0. The van der Waals surface area contributed by atoms with Crippen molar-refractivity contribution in [1.82, 2.24) is 15.5 Å². The summed E-state index contributed by atoms with van der Waals surface area (Å²) in [5.41, 5.74) is 0. The Morgan fingerprint density at radius 2 is 2.05 bits per heavy atom. The first-order valence-corrected chi connectivity index (χ1v) is 6.89. The van der Waals surface area contributed by atoms with E-state index in [0.717, 1.165) is 19.6 Å². The first-order chi connectivity index (χ1) is 9.08. The summed E-state index contributed by atoms with van der Waals surface area (Å²) in [6.45, 7) is 11.6. The van der Waals surface area contributed by atoms with Gasteiger partial charge in [-0.25, -0.2) is 0 Å². The van der Waals surface area contributed by atoms with Crippen LogP contribution in [0.4, 0.5) is 6.01 Å². The van der Waals surface area contributed by atoms with E-state index in [2.05, 4.69) is 41.2 Å². The Morgan fingerprint density at radius 1 is 1.32 bits per heavy atom. The molecule has 1 N–H and O–H groups in total. The molecule has 110 valence electrons. The van der Waals surface area contributed by atoms with E-state index in [-0.39, 0.29) is 6.04 Å². The fourth-order valence-corrected chi connectivity index (χ4v) is 1.83. The number of nitrogens with one attached hydrogen (secondary N) is 1. The molecule has 1 unspecified atom stereocenters. The van der Waals surface area contributed by atoms with Crippen molar-refractivity contribution >= 4 is 6.01 Å². The predicted molar refractivity (Wildman–Crippen MR) is 75.3 cm³/mol. The second kappa shape index (κ2) is 8.12. The van der Waals surface area contributed by atoms with Crippen LogP contribution in [0.5, 0.6) is 0 Å². The average Bonchev–Trinajstić information content (AvgIpc) is 2.84. The Labute approximate surface area is 115 Å². The second-order valence-electron chi connectivity index (χ2n) is 5.03. The number of anilines is 1. The van der Waals surface area contributed by atoms with Crippen molar-refractivity contribution in [2.24, 2.45) is 5.92 Å². The lowest BCUT2D eigenvalue weighted by molar-refractivity contribution is 0.203. The number of rotatable bonds is 9. The van der Waals surface area contributed by atoms with Gasteiger partial charge in [-0.2, -0.15) is 0 Å². The number of nitrogens with zero attached hydrogens (tertiary/aromatic N) is 3. The Kier molecular flexibility index (Phi) is 6.80. The first-order valence-electron chi connectivity index (χ1n) is 6.89. The van der Waals surface area contributed by atoms with Crippen LogP contribution in [0.1, 0.15) is 39.6 Å². The van der Waals surface area contributed by atoms with Crippen LogP contribution in [0.3, 0.4) is 0 Å².